The van der Waals surface area contributed by atoms with Crippen molar-refractivity contribution in [1.29, 1.82) is 0 Å². The summed E-state index contributed by atoms with van der Waals surface area (Å²) in [6.07, 6.45) is 4.15. The molecule has 3 aromatic rings. The molecule has 0 radical (unpaired) electrons. The number of fused-ring (bicyclic) bond motifs is 1. The fourth-order valence-electron chi connectivity index (χ4n) is 2.54. The number of rotatable bonds is 5. The van der Waals surface area contributed by atoms with Gasteiger partial charge < -0.3 is 9.72 Å². The quantitative estimate of drug-likeness (QED) is 0.580. The maximum absolute atomic E-state index is 12.0. The second-order valence-corrected chi connectivity index (χ2v) is 5.30. The van der Waals surface area contributed by atoms with Crippen molar-refractivity contribution in [1.82, 2.24) is 4.98 Å². The Hall–Kier alpha value is -2.88. The molecule has 0 aliphatic rings. The Balaban J connectivity index is 1.84. The van der Waals surface area contributed by atoms with E-state index in [1.807, 2.05) is 60.8 Å². The van der Waals surface area contributed by atoms with Crippen LogP contribution in [0, 0.1) is 0 Å². The average molecular weight is 306 g/mol. The zero-order valence-electron chi connectivity index (χ0n) is 12.9. The number of aromatic amines is 1. The van der Waals surface area contributed by atoms with E-state index in [0.29, 0.717) is 6.42 Å². The average Bonchev–Trinajstić information content (AvgIpc) is 3.02. The Bertz CT molecular complexity index is 822. The number of aromatic nitrogens is 1. The maximum atomic E-state index is 12.0. The summed E-state index contributed by atoms with van der Waals surface area (Å²) in [6, 6.07) is 17.3. The predicted octanol–water partition coefficient (Wildman–Crippen LogP) is 3.37. The van der Waals surface area contributed by atoms with Gasteiger partial charge in [-0.2, -0.15) is 0 Å². The molecule has 1 atom stereocenters. The van der Waals surface area contributed by atoms with Gasteiger partial charge in [-0.05, 0) is 11.6 Å². The van der Waals surface area contributed by atoms with Crippen LogP contribution in [0.25, 0.3) is 10.9 Å². The number of carbonyl (C=O) groups is 1. The fraction of sp³-hybridized carbons (Fsp3) is 0.158. The Morgan fingerprint density at radius 3 is 2.70 bits per heavy atom. The van der Waals surface area contributed by atoms with Crippen molar-refractivity contribution >= 4 is 23.1 Å². The minimum Gasteiger partial charge on any atom is -0.467 e. The first-order valence-electron chi connectivity index (χ1n) is 7.49. The van der Waals surface area contributed by atoms with Gasteiger partial charge in [-0.3, -0.25) is 4.99 Å². The van der Waals surface area contributed by atoms with Crippen LogP contribution in [-0.2, 0) is 16.0 Å². The Morgan fingerprint density at radius 1 is 1.17 bits per heavy atom. The van der Waals surface area contributed by atoms with E-state index in [2.05, 4.69) is 9.98 Å². The molecule has 1 heterocycles. The molecular formula is C19H18N2O2. The second-order valence-electron chi connectivity index (χ2n) is 5.30. The molecule has 0 fully saturated rings. The summed E-state index contributed by atoms with van der Waals surface area (Å²) in [7, 11) is 1.39. The molecule has 0 aliphatic carbocycles. The van der Waals surface area contributed by atoms with Gasteiger partial charge in [-0.15, -0.1) is 0 Å². The number of ether oxygens (including phenoxy) is 1. The molecule has 0 aliphatic heterocycles. The standard InChI is InChI=1S/C19H18N2O2/c1-23-19(22)18(11-14-7-3-2-4-8-14)21-13-15-12-20-17-10-6-5-9-16(15)17/h2-10,12-13,18,20H,11H2,1H3. The van der Waals surface area contributed by atoms with Crippen LogP contribution in [0.4, 0.5) is 0 Å². The van der Waals surface area contributed by atoms with Gasteiger partial charge in [0.1, 0.15) is 0 Å². The molecule has 23 heavy (non-hydrogen) atoms. The first-order valence-corrected chi connectivity index (χ1v) is 7.49. The van der Waals surface area contributed by atoms with Gasteiger partial charge in [0.25, 0.3) is 0 Å². The topological polar surface area (TPSA) is 54.4 Å². The lowest BCUT2D eigenvalue weighted by Gasteiger charge is -2.10. The number of hydrogen-bond donors (Lipinski definition) is 1. The summed E-state index contributed by atoms with van der Waals surface area (Å²) in [4.78, 5) is 19.7. The molecule has 0 spiro atoms. The van der Waals surface area contributed by atoms with Gasteiger partial charge in [0.2, 0.25) is 0 Å². The number of nitrogens with one attached hydrogen (secondary N) is 1. The number of aliphatic imine (C=N–C) groups is 1. The van der Waals surface area contributed by atoms with Crippen molar-refractivity contribution < 1.29 is 9.53 Å². The van der Waals surface area contributed by atoms with Gasteiger partial charge in [-0.1, -0.05) is 48.5 Å². The molecule has 1 N–H and O–H groups in total. The van der Waals surface area contributed by atoms with Crippen LogP contribution in [0.1, 0.15) is 11.1 Å². The van der Waals surface area contributed by atoms with E-state index in [1.54, 1.807) is 6.21 Å². The smallest absolute Gasteiger partial charge is 0.330 e. The van der Waals surface area contributed by atoms with Crippen molar-refractivity contribution in [3.63, 3.8) is 0 Å². The van der Waals surface area contributed by atoms with E-state index in [1.165, 1.54) is 7.11 Å². The highest BCUT2D eigenvalue weighted by Crippen LogP contribution is 2.16. The highest BCUT2D eigenvalue weighted by Gasteiger charge is 2.18. The molecule has 0 saturated carbocycles. The van der Waals surface area contributed by atoms with Crippen LogP contribution < -0.4 is 0 Å². The maximum Gasteiger partial charge on any atom is 0.330 e. The second kappa shape index (κ2) is 6.92. The molecule has 0 saturated heterocycles. The van der Waals surface area contributed by atoms with Crippen LogP contribution >= 0.6 is 0 Å². The zero-order valence-corrected chi connectivity index (χ0v) is 12.9. The van der Waals surface area contributed by atoms with E-state index in [4.69, 9.17) is 4.74 Å². The van der Waals surface area contributed by atoms with Gasteiger partial charge in [0, 0.05) is 35.3 Å². The van der Waals surface area contributed by atoms with Crippen molar-refractivity contribution in [2.45, 2.75) is 12.5 Å². The normalized spacial score (nSPS) is 12.6. The Kier molecular flexibility index (Phi) is 4.52. The van der Waals surface area contributed by atoms with Crippen LogP contribution in [0.5, 0.6) is 0 Å². The number of benzene rings is 2. The summed E-state index contributed by atoms with van der Waals surface area (Å²) in [5.41, 5.74) is 3.06. The van der Waals surface area contributed by atoms with E-state index in [0.717, 1.165) is 22.0 Å². The van der Waals surface area contributed by atoms with Crippen LogP contribution in [0.15, 0.2) is 65.8 Å². The first kappa shape index (κ1) is 15.0. The number of hydrogen-bond acceptors (Lipinski definition) is 3. The molecule has 4 heteroatoms. The minimum atomic E-state index is -0.545. The lowest BCUT2D eigenvalue weighted by molar-refractivity contribution is -0.142. The van der Waals surface area contributed by atoms with Crippen molar-refractivity contribution in [2.75, 3.05) is 7.11 Å². The lowest BCUT2D eigenvalue weighted by atomic mass is 10.1. The molecule has 0 bridgehead atoms. The van der Waals surface area contributed by atoms with E-state index >= 15 is 0 Å². The number of methoxy groups -OCH3 is 1. The van der Waals surface area contributed by atoms with Crippen LogP contribution in [-0.4, -0.2) is 30.3 Å². The molecule has 0 amide bonds. The summed E-state index contributed by atoms with van der Waals surface area (Å²) < 4.78 is 4.88. The third-order valence-electron chi connectivity index (χ3n) is 3.76. The number of carbonyl (C=O) groups excluding carboxylic acids is 1. The van der Waals surface area contributed by atoms with Crippen molar-refractivity contribution in [3.8, 4) is 0 Å². The Labute approximate surface area is 134 Å². The van der Waals surface area contributed by atoms with Gasteiger partial charge in [0.15, 0.2) is 6.04 Å². The summed E-state index contributed by atoms with van der Waals surface area (Å²) in [5, 5.41) is 1.08. The SMILES string of the molecule is COC(=O)C(Cc1ccccc1)N=Cc1c[nH]c2ccccc12. The molecule has 1 unspecified atom stereocenters. The molecule has 1 aromatic heterocycles. The molecule has 2 aromatic carbocycles. The van der Waals surface area contributed by atoms with Crippen molar-refractivity contribution in [2.24, 2.45) is 4.99 Å². The number of nitrogens with zero attached hydrogens (tertiary/aromatic N) is 1. The minimum absolute atomic E-state index is 0.329. The first-order chi connectivity index (χ1) is 11.3. The molecule has 4 nitrogen and oxygen atoms in total. The van der Waals surface area contributed by atoms with Gasteiger partial charge >= 0.3 is 5.97 Å². The largest absolute Gasteiger partial charge is 0.467 e. The molecular weight excluding hydrogens is 288 g/mol. The highest BCUT2D eigenvalue weighted by atomic mass is 16.5. The predicted molar refractivity (Wildman–Crippen MR) is 91.8 cm³/mol. The van der Waals surface area contributed by atoms with E-state index in [9.17, 15) is 4.79 Å². The third-order valence-corrected chi connectivity index (χ3v) is 3.76. The number of H-pyrrole nitrogens is 1. The zero-order chi connectivity index (χ0) is 16.1. The van der Waals surface area contributed by atoms with Gasteiger partial charge in [0.05, 0.1) is 7.11 Å². The van der Waals surface area contributed by atoms with Crippen LogP contribution in [0.3, 0.4) is 0 Å². The monoisotopic (exact) mass is 306 g/mol. The van der Waals surface area contributed by atoms with Crippen molar-refractivity contribution in [3.05, 3.63) is 71.9 Å². The summed E-state index contributed by atoms with van der Waals surface area (Å²) >= 11 is 0. The number of para-hydroxylation sites is 1. The third kappa shape index (κ3) is 3.48. The number of esters is 1. The fourth-order valence-corrected chi connectivity index (χ4v) is 2.54. The molecule has 116 valence electrons. The Morgan fingerprint density at radius 2 is 1.91 bits per heavy atom. The summed E-state index contributed by atoms with van der Waals surface area (Å²) in [5.74, 6) is -0.329. The summed E-state index contributed by atoms with van der Waals surface area (Å²) in [6.45, 7) is 0. The highest BCUT2D eigenvalue weighted by molar-refractivity contribution is 5.99. The van der Waals surface area contributed by atoms with Crippen LogP contribution in [0.2, 0.25) is 0 Å². The van der Waals surface area contributed by atoms with E-state index < -0.39 is 6.04 Å². The molecule has 3 rings (SSSR count). The lowest BCUT2D eigenvalue weighted by Crippen LogP contribution is -2.23. The van der Waals surface area contributed by atoms with Gasteiger partial charge in [-0.25, -0.2) is 4.79 Å². The van der Waals surface area contributed by atoms with E-state index in [-0.39, 0.29) is 5.97 Å².